The first-order valence-corrected chi connectivity index (χ1v) is 18.4. The minimum atomic E-state index is -2.10. The number of fused-ring (bicyclic) bond motifs is 20. The van der Waals surface area contributed by atoms with Crippen LogP contribution in [0, 0.1) is 0 Å². The molecule has 1 aliphatic rings. The Morgan fingerprint density at radius 2 is 0.656 bits per heavy atom. The molecule has 5 heterocycles. The van der Waals surface area contributed by atoms with Gasteiger partial charge in [0, 0.05) is 43.1 Å². The van der Waals surface area contributed by atoms with Gasteiger partial charge in [0.15, 0.2) is 0 Å². The van der Waals surface area contributed by atoms with Crippen molar-refractivity contribution in [3.63, 3.8) is 0 Å². The van der Waals surface area contributed by atoms with Crippen LogP contribution >= 0.6 is 0 Å². The molecule has 4 aromatic carbocycles. The number of aromatic amines is 2. The summed E-state index contributed by atoms with van der Waals surface area (Å²) >= 11 is 0. The Morgan fingerprint density at radius 3 is 0.969 bits per heavy atom. The Bertz CT molecular complexity index is 3870. The highest BCUT2D eigenvalue weighted by Crippen LogP contribution is 2.35. The van der Waals surface area contributed by atoms with Crippen LogP contribution < -0.4 is 21.4 Å². The largest absolute Gasteiger partial charge is 0.478 e. The van der Waals surface area contributed by atoms with E-state index in [1.54, 1.807) is 0 Å². The Kier molecular flexibility index (Phi) is 8.64. The predicted molar refractivity (Wildman–Crippen MR) is 220 cm³/mol. The van der Waals surface area contributed by atoms with E-state index in [4.69, 9.17) is 0 Å². The maximum absolute atomic E-state index is 13.9. The van der Waals surface area contributed by atoms with E-state index >= 15 is 0 Å². The zero-order valence-electron chi connectivity index (χ0n) is 31.8. The number of nitrogens with zero attached hydrogens (tertiary/aromatic N) is 2. The van der Waals surface area contributed by atoms with E-state index in [1.807, 2.05) is 0 Å². The summed E-state index contributed by atoms with van der Waals surface area (Å²) in [7, 11) is 0. The number of aliphatic carboxylic acids is 4. The smallest absolute Gasteiger partial charge is 0.416 e. The Hall–Kier alpha value is -9.72. The summed E-state index contributed by atoms with van der Waals surface area (Å²) < 4.78 is 0.588. The van der Waals surface area contributed by atoms with Crippen LogP contribution in [0.1, 0.15) is 43.5 Å². The second-order valence-corrected chi connectivity index (χ2v) is 14.3. The van der Waals surface area contributed by atoms with E-state index in [1.165, 1.54) is 72.8 Å². The number of nitrogens with one attached hydrogen (secondary N) is 2. The summed E-state index contributed by atoms with van der Waals surface area (Å²) in [5.41, 5.74) is -8.06. The first-order valence-electron chi connectivity index (χ1n) is 18.4. The van der Waals surface area contributed by atoms with Gasteiger partial charge in [0.25, 0.3) is 0 Å². The van der Waals surface area contributed by atoms with Crippen molar-refractivity contribution in [2.45, 2.75) is 0 Å². The molecule has 0 unspecified atom stereocenters. The van der Waals surface area contributed by atoms with Gasteiger partial charge in [-0.25, -0.2) is 47.5 Å². The molecule has 20 heteroatoms. The number of aromatic nitrogens is 4. The molecule has 10 N–H and O–H groups in total. The third-order valence-electron chi connectivity index (χ3n) is 11.1. The molecule has 0 fully saturated rings. The lowest BCUT2D eigenvalue weighted by Gasteiger charge is -2.08. The summed E-state index contributed by atoms with van der Waals surface area (Å²) in [6.07, 6.45) is -3.98. The number of aromatic carboxylic acids is 2. The molecular formula is C44H24N4O16. The molecule has 0 atom stereocenters. The van der Waals surface area contributed by atoms with Gasteiger partial charge in [0.2, 0.25) is 0 Å². The average Bonchev–Trinajstić information content (AvgIpc) is 3.98. The van der Waals surface area contributed by atoms with Crippen molar-refractivity contribution in [3.05, 3.63) is 140 Å². The van der Waals surface area contributed by atoms with Gasteiger partial charge in [-0.2, -0.15) is 0 Å². The molecule has 0 spiro atoms. The second-order valence-electron chi connectivity index (χ2n) is 14.3. The van der Waals surface area contributed by atoms with Crippen molar-refractivity contribution in [2.75, 3.05) is 0 Å². The number of rotatable bonds is 6. The van der Waals surface area contributed by atoms with E-state index < -0.39 is 136 Å². The highest BCUT2D eigenvalue weighted by Gasteiger charge is 2.35. The van der Waals surface area contributed by atoms with Crippen LogP contribution in [0.5, 0.6) is 0 Å². The molecule has 64 heavy (non-hydrogen) atoms. The molecule has 0 saturated carbocycles. The fraction of sp³-hybridized carbons (Fsp3) is 0. The van der Waals surface area contributed by atoms with E-state index in [2.05, 4.69) is 9.97 Å². The van der Waals surface area contributed by atoms with Crippen LogP contribution in [0.25, 0.3) is 65.4 Å². The SMILES string of the molecule is O=C(O)C1=c2c3ccccc3c(n2C(=O)O)=C(C(=O)O)c2[nH]c(c3ccccc23)C(C(=O)O)=c2c3c(C(=O)O)c(C(=O)O)ccc3c(n2C(=O)O)=C(C(=O)O)c2[nH]c1c1ccccc21. The lowest BCUT2D eigenvalue weighted by atomic mass is 9.97. The zero-order chi connectivity index (χ0) is 45.8. The molecule has 0 amide bonds. The summed E-state index contributed by atoms with van der Waals surface area (Å²) in [5.74, 6) is -11.4. The Balaban J connectivity index is 1.80. The van der Waals surface area contributed by atoms with Gasteiger partial charge in [-0.3, -0.25) is 0 Å². The van der Waals surface area contributed by atoms with Crippen LogP contribution in [0.3, 0.4) is 0 Å². The molecule has 8 bridgehead atoms. The number of benzene rings is 4. The standard InChI is InChI=1S/C44H24N4O16/c49-37(50)22-14-13-21-23(24(22)38(51)52)36-28(42(59)60)32-18-10-4-3-9-17(18)30(46-32)26(40(55)56)34-20-12-6-5-11-19(20)33(47(34)43(61)62)25(39(53)54)29-15-7-1-2-8-16(15)31(45-29)27(41(57)58)35(21)48(36)44(63)64/h1-14,45-46H,(H,49,50)(H,51,52)(H,53,54)(H,55,56)(H,57,58)(H,59,60)(H,61,62)(H,63,64). The molecule has 1 aliphatic heterocycles. The van der Waals surface area contributed by atoms with Crippen LogP contribution in [0.15, 0.2) is 84.9 Å². The topological polar surface area (TPSA) is 340 Å². The molecule has 4 aromatic heterocycles. The number of hydrogen-bond acceptors (Lipinski definition) is 8. The zero-order valence-corrected chi connectivity index (χ0v) is 31.8. The number of carboxylic acids is 6. The number of H-pyrrole nitrogens is 2. The second kappa shape index (κ2) is 13.9. The van der Waals surface area contributed by atoms with Gasteiger partial charge in [0.05, 0.1) is 55.3 Å². The van der Waals surface area contributed by atoms with Crippen molar-refractivity contribution in [3.8, 4) is 0 Å². The van der Waals surface area contributed by atoms with Gasteiger partial charge >= 0.3 is 48.0 Å². The van der Waals surface area contributed by atoms with Gasteiger partial charge in [-0.05, 0) is 6.07 Å². The van der Waals surface area contributed by atoms with Crippen molar-refractivity contribution < 1.29 is 79.2 Å². The molecule has 0 aliphatic carbocycles. The molecule has 0 saturated heterocycles. The molecular weight excluding hydrogens is 840 g/mol. The summed E-state index contributed by atoms with van der Waals surface area (Å²) in [5, 5.41) is 82.1. The highest BCUT2D eigenvalue weighted by atomic mass is 16.4. The molecule has 316 valence electrons. The lowest BCUT2D eigenvalue weighted by molar-refractivity contribution is -0.131. The maximum Gasteiger partial charge on any atom is 0.416 e. The number of carboxylic acid groups (broad SMARTS) is 8. The third kappa shape index (κ3) is 5.35. The molecule has 9 rings (SSSR count). The highest BCUT2D eigenvalue weighted by molar-refractivity contribution is 6.28. The lowest BCUT2D eigenvalue weighted by Crippen LogP contribution is -2.38. The Labute approximate surface area is 351 Å². The Morgan fingerprint density at radius 1 is 0.344 bits per heavy atom. The van der Waals surface area contributed by atoms with Gasteiger partial charge in [-0.15, -0.1) is 0 Å². The summed E-state index contributed by atoms with van der Waals surface area (Å²) in [6, 6.07) is 18.0. The molecule has 8 aromatic rings. The van der Waals surface area contributed by atoms with E-state index in [0.29, 0.717) is 4.57 Å². The van der Waals surface area contributed by atoms with E-state index in [9.17, 15) is 79.2 Å². The number of carbonyl (C=O) groups is 8. The monoisotopic (exact) mass is 864 g/mol. The first-order chi connectivity index (χ1) is 30.5. The minimum Gasteiger partial charge on any atom is -0.478 e. The fourth-order valence-electron chi connectivity index (χ4n) is 8.85. The van der Waals surface area contributed by atoms with E-state index in [-0.39, 0.29) is 36.9 Å². The van der Waals surface area contributed by atoms with Crippen molar-refractivity contribution in [2.24, 2.45) is 0 Å². The number of hydrogen-bond donors (Lipinski definition) is 10. The molecule has 0 radical (unpaired) electrons. The maximum atomic E-state index is 13.9. The van der Waals surface area contributed by atoms with Gasteiger partial charge in [-0.1, -0.05) is 78.9 Å². The van der Waals surface area contributed by atoms with Crippen LogP contribution in [0.2, 0.25) is 0 Å². The third-order valence-corrected chi connectivity index (χ3v) is 11.1. The molecule has 20 nitrogen and oxygen atoms in total. The van der Waals surface area contributed by atoms with Crippen molar-refractivity contribution in [1.82, 2.24) is 19.1 Å². The quantitative estimate of drug-likeness (QED) is 0.115. The fourth-order valence-corrected chi connectivity index (χ4v) is 8.85. The van der Waals surface area contributed by atoms with Gasteiger partial charge in [0.1, 0.15) is 22.3 Å². The predicted octanol–water partition coefficient (Wildman–Crippen LogP) is 2.46. The van der Waals surface area contributed by atoms with Crippen LogP contribution in [-0.2, 0) is 19.2 Å². The van der Waals surface area contributed by atoms with Crippen LogP contribution in [0.4, 0.5) is 9.59 Å². The van der Waals surface area contributed by atoms with Crippen molar-refractivity contribution in [1.29, 1.82) is 0 Å². The average molecular weight is 865 g/mol. The van der Waals surface area contributed by atoms with Crippen molar-refractivity contribution >= 4 is 113 Å². The van der Waals surface area contributed by atoms with E-state index in [0.717, 1.165) is 12.1 Å². The first kappa shape index (κ1) is 39.7. The minimum absolute atomic E-state index is 0.0844. The van der Waals surface area contributed by atoms with Gasteiger partial charge < -0.3 is 50.8 Å². The summed E-state index contributed by atoms with van der Waals surface area (Å²) in [4.78, 5) is 114. The normalized spacial score (nSPS) is 12.6. The summed E-state index contributed by atoms with van der Waals surface area (Å²) in [6.45, 7) is 0. The van der Waals surface area contributed by atoms with Crippen LogP contribution in [-0.4, -0.2) is 108 Å².